The first-order valence-corrected chi connectivity index (χ1v) is 10.8. The number of halogens is 3. The fourth-order valence-electron chi connectivity index (χ4n) is 3.25. The van der Waals surface area contributed by atoms with Crippen LogP contribution in [0.1, 0.15) is 41.4 Å². The summed E-state index contributed by atoms with van der Waals surface area (Å²) < 4.78 is 18.9. The maximum absolute atomic E-state index is 13.3. The predicted molar refractivity (Wildman–Crippen MR) is 120 cm³/mol. The highest BCUT2D eigenvalue weighted by atomic mass is 35.5. The van der Waals surface area contributed by atoms with Crippen molar-refractivity contribution >= 4 is 29.1 Å². The van der Waals surface area contributed by atoms with E-state index in [0.29, 0.717) is 48.7 Å². The van der Waals surface area contributed by atoms with E-state index < -0.39 is 0 Å². The largest absolute Gasteiger partial charge is 0.447 e. The molecule has 1 amide bonds. The summed E-state index contributed by atoms with van der Waals surface area (Å²) in [5.41, 5.74) is 2.10. The molecule has 31 heavy (non-hydrogen) atoms. The van der Waals surface area contributed by atoms with Gasteiger partial charge in [-0.2, -0.15) is 0 Å². The van der Waals surface area contributed by atoms with Crippen LogP contribution in [-0.2, 0) is 19.6 Å². The van der Waals surface area contributed by atoms with Crippen molar-refractivity contribution in [2.45, 2.75) is 33.5 Å². The van der Waals surface area contributed by atoms with E-state index in [4.69, 9.17) is 27.6 Å². The Morgan fingerprint density at radius 3 is 2.39 bits per heavy atom. The van der Waals surface area contributed by atoms with Crippen molar-refractivity contribution < 1.29 is 13.6 Å². The van der Waals surface area contributed by atoms with Gasteiger partial charge < -0.3 is 9.32 Å². The molecule has 0 aliphatic rings. The van der Waals surface area contributed by atoms with Crippen LogP contribution in [0, 0.1) is 5.82 Å². The van der Waals surface area contributed by atoms with E-state index in [1.165, 1.54) is 18.4 Å². The molecule has 0 spiro atoms. The molecule has 8 heteroatoms. The summed E-state index contributed by atoms with van der Waals surface area (Å²) in [6.45, 7) is 6.40. The molecule has 0 aliphatic heterocycles. The molecule has 0 atom stereocenters. The van der Waals surface area contributed by atoms with Crippen LogP contribution in [0.5, 0.6) is 0 Å². The maximum Gasteiger partial charge on any atom is 0.275 e. The molecule has 0 N–H and O–H groups in total. The fraction of sp³-hybridized carbons (Fsp3) is 0.304. The Kier molecular flexibility index (Phi) is 8.07. The Morgan fingerprint density at radius 1 is 1.03 bits per heavy atom. The first kappa shape index (κ1) is 23.3. The molecule has 3 aromatic rings. The van der Waals surface area contributed by atoms with Gasteiger partial charge in [-0.1, -0.05) is 41.4 Å². The van der Waals surface area contributed by atoms with E-state index in [2.05, 4.69) is 9.88 Å². The highest BCUT2D eigenvalue weighted by molar-refractivity contribution is 6.35. The Bertz CT molecular complexity index is 1020. The number of nitrogens with zero attached hydrogens (tertiary/aromatic N) is 3. The van der Waals surface area contributed by atoms with Crippen molar-refractivity contribution in [3.8, 4) is 0 Å². The quantitative estimate of drug-likeness (QED) is 0.401. The summed E-state index contributed by atoms with van der Waals surface area (Å²) in [5, 5.41) is 1.12. The number of carbonyl (C=O) groups is 1. The number of amides is 1. The lowest BCUT2D eigenvalue weighted by molar-refractivity contribution is 0.0767. The van der Waals surface area contributed by atoms with E-state index in [-0.39, 0.29) is 17.4 Å². The summed E-state index contributed by atoms with van der Waals surface area (Å²) >= 11 is 12.4. The molecule has 3 rings (SSSR count). The smallest absolute Gasteiger partial charge is 0.275 e. The zero-order valence-corrected chi connectivity index (χ0v) is 19.0. The second-order valence-electron chi connectivity index (χ2n) is 7.11. The average Bonchev–Trinajstić information content (AvgIpc) is 3.21. The minimum Gasteiger partial charge on any atom is -0.447 e. The van der Waals surface area contributed by atoms with Crippen LogP contribution in [0.4, 0.5) is 4.39 Å². The Labute approximate surface area is 191 Å². The molecule has 0 saturated heterocycles. The number of aromatic nitrogens is 1. The van der Waals surface area contributed by atoms with Crippen LogP contribution < -0.4 is 0 Å². The van der Waals surface area contributed by atoms with E-state index in [1.807, 2.05) is 19.9 Å². The van der Waals surface area contributed by atoms with Gasteiger partial charge in [0.2, 0.25) is 5.89 Å². The van der Waals surface area contributed by atoms with E-state index in [1.54, 1.807) is 29.2 Å². The Morgan fingerprint density at radius 2 is 1.74 bits per heavy atom. The van der Waals surface area contributed by atoms with E-state index in [9.17, 15) is 9.18 Å². The maximum atomic E-state index is 13.3. The van der Waals surface area contributed by atoms with Crippen LogP contribution in [0.15, 0.2) is 53.1 Å². The van der Waals surface area contributed by atoms with Gasteiger partial charge in [0.15, 0.2) is 5.69 Å². The van der Waals surface area contributed by atoms with Crippen LogP contribution in [0.25, 0.3) is 0 Å². The second kappa shape index (κ2) is 10.8. The van der Waals surface area contributed by atoms with Crippen LogP contribution >= 0.6 is 23.2 Å². The number of carbonyl (C=O) groups excluding carboxylic acids is 1. The van der Waals surface area contributed by atoms with Crippen molar-refractivity contribution in [2.24, 2.45) is 0 Å². The Hall–Kier alpha value is -2.41. The lowest BCUT2D eigenvalue weighted by Crippen LogP contribution is -2.30. The van der Waals surface area contributed by atoms with E-state index >= 15 is 0 Å². The number of oxazole rings is 1. The number of hydrogen-bond donors (Lipinski definition) is 0. The van der Waals surface area contributed by atoms with Gasteiger partial charge in [0.25, 0.3) is 5.91 Å². The first-order valence-electron chi connectivity index (χ1n) is 10.0. The second-order valence-corrected chi connectivity index (χ2v) is 7.95. The number of benzene rings is 2. The standard InChI is InChI=1S/C23H24Cl2FN3O2/c1-3-29(4-2)23(30)21-15-31-22(27-21)14-28(12-16-5-9-19(26)10-6-16)13-17-7-8-18(24)11-20(17)25/h5-11,15H,3-4,12-14H2,1-2H3. The summed E-state index contributed by atoms with van der Waals surface area (Å²) in [5.74, 6) is -0.0307. The van der Waals surface area contributed by atoms with Gasteiger partial charge >= 0.3 is 0 Å². The molecule has 2 aromatic carbocycles. The molecule has 0 bridgehead atoms. The van der Waals surface area contributed by atoms with Crippen molar-refractivity contribution in [2.75, 3.05) is 13.1 Å². The fourth-order valence-corrected chi connectivity index (χ4v) is 3.72. The van der Waals surface area contributed by atoms with E-state index in [0.717, 1.165) is 11.1 Å². The third-order valence-electron chi connectivity index (χ3n) is 4.91. The molecule has 0 unspecified atom stereocenters. The molecule has 0 radical (unpaired) electrons. The number of rotatable bonds is 9. The lowest BCUT2D eigenvalue weighted by atomic mass is 10.1. The molecule has 164 valence electrons. The minimum absolute atomic E-state index is 0.161. The topological polar surface area (TPSA) is 49.6 Å². The first-order chi connectivity index (χ1) is 14.9. The zero-order chi connectivity index (χ0) is 22.4. The van der Waals surface area contributed by atoms with Crippen LogP contribution in [0.3, 0.4) is 0 Å². The predicted octanol–water partition coefficient (Wildman–Crippen LogP) is 5.80. The lowest BCUT2D eigenvalue weighted by Gasteiger charge is -2.22. The van der Waals surface area contributed by atoms with Gasteiger partial charge in [0.05, 0.1) is 6.54 Å². The van der Waals surface area contributed by atoms with Gasteiger partial charge in [0.1, 0.15) is 12.1 Å². The van der Waals surface area contributed by atoms with Crippen LogP contribution in [0.2, 0.25) is 10.0 Å². The van der Waals surface area contributed by atoms with Crippen molar-refractivity contribution in [1.29, 1.82) is 0 Å². The average molecular weight is 464 g/mol. The van der Waals surface area contributed by atoms with Gasteiger partial charge in [-0.15, -0.1) is 0 Å². The molecular formula is C23H24Cl2FN3O2. The van der Waals surface area contributed by atoms with Crippen LogP contribution in [-0.4, -0.2) is 33.8 Å². The minimum atomic E-state index is -0.289. The SMILES string of the molecule is CCN(CC)C(=O)c1coc(CN(Cc2ccc(F)cc2)Cc2ccc(Cl)cc2Cl)n1. The van der Waals surface area contributed by atoms with Gasteiger partial charge in [-0.3, -0.25) is 9.69 Å². The van der Waals surface area contributed by atoms with Crippen molar-refractivity contribution in [3.05, 3.63) is 87.3 Å². The molecule has 1 aromatic heterocycles. The molecule has 1 heterocycles. The van der Waals surface area contributed by atoms with Crippen molar-refractivity contribution in [3.63, 3.8) is 0 Å². The third kappa shape index (κ3) is 6.29. The highest BCUT2D eigenvalue weighted by Gasteiger charge is 2.19. The molecule has 0 fully saturated rings. The monoisotopic (exact) mass is 463 g/mol. The summed E-state index contributed by atoms with van der Waals surface area (Å²) in [4.78, 5) is 20.6. The number of hydrogen-bond acceptors (Lipinski definition) is 4. The van der Waals surface area contributed by atoms with Gasteiger partial charge in [-0.05, 0) is 49.2 Å². The Balaban J connectivity index is 1.80. The molecule has 0 saturated carbocycles. The summed E-state index contributed by atoms with van der Waals surface area (Å²) in [6.07, 6.45) is 1.39. The third-order valence-corrected chi connectivity index (χ3v) is 5.50. The molecule has 0 aliphatic carbocycles. The normalized spacial score (nSPS) is 11.2. The highest BCUT2D eigenvalue weighted by Crippen LogP contribution is 2.24. The van der Waals surface area contributed by atoms with Gasteiger partial charge in [0, 0.05) is 36.2 Å². The van der Waals surface area contributed by atoms with Crippen molar-refractivity contribution in [1.82, 2.24) is 14.8 Å². The summed E-state index contributed by atoms with van der Waals surface area (Å²) in [7, 11) is 0. The zero-order valence-electron chi connectivity index (χ0n) is 17.4. The summed E-state index contributed by atoms with van der Waals surface area (Å²) in [6, 6.07) is 11.7. The van der Waals surface area contributed by atoms with Gasteiger partial charge in [-0.25, -0.2) is 9.37 Å². The molecular weight excluding hydrogens is 440 g/mol. The molecule has 5 nitrogen and oxygen atoms in total.